The zero-order valence-corrected chi connectivity index (χ0v) is 13.3. The number of halogens is 2. The molecule has 2 aromatic rings. The van der Waals surface area contributed by atoms with E-state index in [1.807, 2.05) is 30.3 Å². The smallest absolute Gasteiger partial charge is 0.139 e. The Hall–Kier alpha value is -1.23. The number of methoxy groups -OCH3 is 1. The molecule has 0 amide bonds. The first-order valence-electron chi connectivity index (χ1n) is 6.11. The summed E-state index contributed by atoms with van der Waals surface area (Å²) >= 11 is 9.36. The topological polar surface area (TPSA) is 41.5 Å². The maximum absolute atomic E-state index is 10.1. The van der Waals surface area contributed by atoms with Gasteiger partial charge in [-0.1, -0.05) is 39.7 Å². The van der Waals surface area contributed by atoms with Crippen molar-refractivity contribution in [1.29, 1.82) is 0 Å². The van der Waals surface area contributed by atoms with Crippen LogP contribution in [0.5, 0.6) is 5.75 Å². The molecule has 0 heterocycles. The summed E-state index contributed by atoms with van der Waals surface area (Å²) in [6.45, 7) is 0.404. The lowest BCUT2D eigenvalue weighted by Gasteiger charge is -2.14. The lowest BCUT2D eigenvalue weighted by molar-refractivity contribution is 0.191. The van der Waals surface area contributed by atoms with E-state index in [0.29, 0.717) is 17.3 Å². The molecule has 1 unspecified atom stereocenters. The van der Waals surface area contributed by atoms with Crippen LogP contribution in [-0.2, 0) is 0 Å². The van der Waals surface area contributed by atoms with Crippen LogP contribution in [0.25, 0.3) is 0 Å². The normalized spacial score (nSPS) is 12.0. The molecule has 20 heavy (non-hydrogen) atoms. The van der Waals surface area contributed by atoms with Crippen LogP contribution in [0.2, 0.25) is 5.02 Å². The van der Waals surface area contributed by atoms with Crippen molar-refractivity contribution in [2.45, 2.75) is 6.10 Å². The Balaban J connectivity index is 2.01. The molecule has 0 aliphatic heterocycles. The lowest BCUT2D eigenvalue weighted by Crippen LogP contribution is -2.12. The number of aliphatic hydroxyl groups excluding tert-OH is 1. The van der Waals surface area contributed by atoms with Gasteiger partial charge in [-0.2, -0.15) is 0 Å². The quantitative estimate of drug-likeness (QED) is 0.841. The van der Waals surface area contributed by atoms with E-state index in [2.05, 4.69) is 21.2 Å². The Bertz CT molecular complexity index is 592. The average molecular weight is 357 g/mol. The highest BCUT2D eigenvalue weighted by atomic mass is 79.9. The Morgan fingerprint density at radius 2 is 2.10 bits per heavy atom. The molecule has 106 valence electrons. The molecule has 0 bridgehead atoms. The highest BCUT2D eigenvalue weighted by Crippen LogP contribution is 2.27. The van der Waals surface area contributed by atoms with Crippen molar-refractivity contribution in [2.75, 3.05) is 19.0 Å². The van der Waals surface area contributed by atoms with E-state index >= 15 is 0 Å². The number of anilines is 1. The number of ether oxygens (including phenoxy) is 1. The summed E-state index contributed by atoms with van der Waals surface area (Å²) in [6.07, 6.45) is -0.589. The molecule has 2 N–H and O–H groups in total. The number of hydrogen-bond donors (Lipinski definition) is 2. The average Bonchev–Trinajstić information content (AvgIpc) is 2.46. The zero-order chi connectivity index (χ0) is 14.5. The molecule has 0 spiro atoms. The predicted molar refractivity (Wildman–Crippen MR) is 85.6 cm³/mol. The van der Waals surface area contributed by atoms with Crippen LogP contribution >= 0.6 is 27.5 Å². The number of nitrogens with one attached hydrogen (secondary N) is 1. The number of benzene rings is 2. The van der Waals surface area contributed by atoms with Gasteiger partial charge in [0.05, 0.1) is 18.2 Å². The first-order valence-corrected chi connectivity index (χ1v) is 7.28. The summed E-state index contributed by atoms with van der Waals surface area (Å²) in [5, 5.41) is 13.9. The first kappa shape index (κ1) is 15.2. The molecule has 2 rings (SSSR count). The molecule has 0 aliphatic rings. The van der Waals surface area contributed by atoms with Crippen LogP contribution in [0, 0.1) is 0 Å². The SMILES string of the molecule is COc1cc(NCC(O)c2cccc(Br)c2)ccc1Cl. The van der Waals surface area contributed by atoms with Gasteiger partial charge in [-0.05, 0) is 29.8 Å². The van der Waals surface area contributed by atoms with Gasteiger partial charge in [0.25, 0.3) is 0 Å². The zero-order valence-electron chi connectivity index (χ0n) is 10.9. The highest BCUT2D eigenvalue weighted by Gasteiger charge is 2.08. The molecular formula is C15H15BrClNO2. The van der Waals surface area contributed by atoms with E-state index in [0.717, 1.165) is 15.7 Å². The maximum atomic E-state index is 10.1. The minimum atomic E-state index is -0.589. The molecule has 1 atom stereocenters. The monoisotopic (exact) mass is 355 g/mol. The Morgan fingerprint density at radius 3 is 2.80 bits per heavy atom. The molecule has 0 aromatic heterocycles. The van der Waals surface area contributed by atoms with E-state index < -0.39 is 6.10 Å². The van der Waals surface area contributed by atoms with E-state index in [1.54, 1.807) is 19.2 Å². The van der Waals surface area contributed by atoms with Crippen molar-refractivity contribution in [2.24, 2.45) is 0 Å². The summed E-state index contributed by atoms with van der Waals surface area (Å²) < 4.78 is 6.10. The third-order valence-corrected chi connectivity index (χ3v) is 3.69. The van der Waals surface area contributed by atoms with Crippen molar-refractivity contribution >= 4 is 33.2 Å². The largest absolute Gasteiger partial charge is 0.495 e. The molecule has 0 radical (unpaired) electrons. The van der Waals surface area contributed by atoms with Crippen LogP contribution in [0.3, 0.4) is 0 Å². The van der Waals surface area contributed by atoms with Crippen LogP contribution < -0.4 is 10.1 Å². The minimum absolute atomic E-state index is 0.404. The molecule has 0 saturated heterocycles. The van der Waals surface area contributed by atoms with E-state index in [1.165, 1.54) is 0 Å². The summed E-state index contributed by atoms with van der Waals surface area (Å²) in [6, 6.07) is 13.0. The summed E-state index contributed by atoms with van der Waals surface area (Å²) in [5.41, 5.74) is 1.70. The van der Waals surface area contributed by atoms with Crippen LogP contribution in [0.4, 0.5) is 5.69 Å². The number of hydrogen-bond acceptors (Lipinski definition) is 3. The maximum Gasteiger partial charge on any atom is 0.139 e. The molecule has 0 saturated carbocycles. The summed E-state index contributed by atoms with van der Waals surface area (Å²) in [5.74, 6) is 0.605. The van der Waals surface area contributed by atoms with Crippen molar-refractivity contribution in [1.82, 2.24) is 0 Å². The summed E-state index contributed by atoms with van der Waals surface area (Å²) in [7, 11) is 1.57. The summed E-state index contributed by atoms with van der Waals surface area (Å²) in [4.78, 5) is 0. The second-order valence-corrected chi connectivity index (χ2v) is 5.62. The van der Waals surface area contributed by atoms with Gasteiger partial charge in [-0.15, -0.1) is 0 Å². The van der Waals surface area contributed by atoms with E-state index in [4.69, 9.17) is 16.3 Å². The molecule has 3 nitrogen and oxygen atoms in total. The van der Waals surface area contributed by atoms with Gasteiger partial charge in [-0.25, -0.2) is 0 Å². The van der Waals surface area contributed by atoms with E-state index in [9.17, 15) is 5.11 Å². The third kappa shape index (κ3) is 3.88. The van der Waals surface area contributed by atoms with Crippen molar-refractivity contribution < 1.29 is 9.84 Å². The van der Waals surface area contributed by atoms with Crippen molar-refractivity contribution in [3.05, 3.63) is 57.5 Å². The van der Waals surface area contributed by atoms with Gasteiger partial charge in [0.2, 0.25) is 0 Å². The van der Waals surface area contributed by atoms with Gasteiger partial charge >= 0.3 is 0 Å². The molecule has 0 fully saturated rings. The van der Waals surface area contributed by atoms with Crippen LogP contribution in [0.1, 0.15) is 11.7 Å². The van der Waals surface area contributed by atoms with Crippen LogP contribution in [0.15, 0.2) is 46.9 Å². The van der Waals surface area contributed by atoms with Gasteiger partial charge in [-0.3, -0.25) is 0 Å². The Morgan fingerprint density at radius 1 is 1.30 bits per heavy atom. The second-order valence-electron chi connectivity index (χ2n) is 4.30. The van der Waals surface area contributed by atoms with Crippen molar-refractivity contribution in [3.8, 4) is 5.75 Å². The first-order chi connectivity index (χ1) is 9.60. The van der Waals surface area contributed by atoms with Gasteiger partial charge in [0.15, 0.2) is 0 Å². The standard InChI is InChI=1S/C15H15BrClNO2/c1-20-15-8-12(5-6-13(15)17)18-9-14(19)10-3-2-4-11(16)7-10/h2-8,14,18-19H,9H2,1H3. The third-order valence-electron chi connectivity index (χ3n) is 2.88. The van der Waals surface area contributed by atoms with Crippen LogP contribution in [-0.4, -0.2) is 18.8 Å². The fourth-order valence-electron chi connectivity index (χ4n) is 1.82. The minimum Gasteiger partial charge on any atom is -0.495 e. The predicted octanol–water partition coefficient (Wildman–Crippen LogP) is 4.26. The fourth-order valence-corrected chi connectivity index (χ4v) is 2.43. The van der Waals surface area contributed by atoms with Gasteiger partial charge in [0.1, 0.15) is 5.75 Å². The van der Waals surface area contributed by atoms with Gasteiger partial charge < -0.3 is 15.2 Å². The van der Waals surface area contributed by atoms with Crippen molar-refractivity contribution in [3.63, 3.8) is 0 Å². The Kier molecular flexibility index (Phi) is 5.29. The Labute approximate surface area is 131 Å². The van der Waals surface area contributed by atoms with Gasteiger partial charge in [0, 0.05) is 22.8 Å². The molecule has 0 aliphatic carbocycles. The second kappa shape index (κ2) is 6.97. The highest BCUT2D eigenvalue weighted by molar-refractivity contribution is 9.10. The lowest BCUT2D eigenvalue weighted by atomic mass is 10.1. The molecule has 2 aromatic carbocycles. The number of aliphatic hydroxyl groups is 1. The fraction of sp³-hybridized carbons (Fsp3) is 0.200. The molecule has 5 heteroatoms. The number of rotatable bonds is 5. The van der Waals surface area contributed by atoms with E-state index in [-0.39, 0.29) is 0 Å². The molecular weight excluding hydrogens is 342 g/mol.